The van der Waals surface area contributed by atoms with E-state index in [1.807, 2.05) is 18.2 Å². The number of benzene rings is 1. The average Bonchev–Trinajstić information content (AvgIpc) is 2.90. The lowest BCUT2D eigenvalue weighted by Gasteiger charge is -2.22. The highest BCUT2D eigenvalue weighted by molar-refractivity contribution is 7.80. The van der Waals surface area contributed by atoms with Crippen molar-refractivity contribution in [2.75, 3.05) is 29.9 Å². The molecule has 5 heteroatoms. The highest BCUT2D eigenvalue weighted by atomic mass is 35.5. The van der Waals surface area contributed by atoms with E-state index < -0.39 is 0 Å². The molecule has 2 N–H and O–H groups in total. The topological polar surface area (TPSA) is 27.3 Å². The highest BCUT2D eigenvalue weighted by Crippen LogP contribution is 2.31. The Morgan fingerprint density at radius 2 is 2.16 bits per heavy atom. The fraction of sp³-hybridized carbons (Fsp3) is 0.357. The molecule has 0 atom stereocenters. The van der Waals surface area contributed by atoms with Gasteiger partial charge in [-0.1, -0.05) is 17.7 Å². The molecule has 0 aromatic heterocycles. The van der Waals surface area contributed by atoms with Gasteiger partial charge in [0.25, 0.3) is 0 Å². The maximum atomic E-state index is 6.07. The molecule has 0 saturated carbocycles. The van der Waals surface area contributed by atoms with Crippen molar-refractivity contribution < 1.29 is 0 Å². The minimum absolute atomic E-state index is 0.586. The summed E-state index contributed by atoms with van der Waals surface area (Å²) in [6.45, 7) is 6.47. The zero-order valence-corrected chi connectivity index (χ0v) is 12.4. The van der Waals surface area contributed by atoms with Crippen molar-refractivity contribution in [3.05, 3.63) is 35.9 Å². The van der Waals surface area contributed by atoms with Gasteiger partial charge in [0.1, 0.15) is 0 Å². The zero-order chi connectivity index (χ0) is 13.7. The maximum Gasteiger partial charge on any atom is 0.171 e. The van der Waals surface area contributed by atoms with E-state index in [1.165, 1.54) is 12.8 Å². The van der Waals surface area contributed by atoms with Crippen LogP contribution in [0.5, 0.6) is 0 Å². The molecule has 0 aliphatic carbocycles. The van der Waals surface area contributed by atoms with Gasteiger partial charge in [0.15, 0.2) is 5.11 Å². The van der Waals surface area contributed by atoms with Gasteiger partial charge in [0.05, 0.1) is 11.4 Å². The quantitative estimate of drug-likeness (QED) is 0.657. The number of nitrogens with zero attached hydrogens (tertiary/aromatic N) is 1. The van der Waals surface area contributed by atoms with Crippen LogP contribution in [0.3, 0.4) is 0 Å². The fourth-order valence-electron chi connectivity index (χ4n) is 2.17. The second kappa shape index (κ2) is 6.78. The van der Waals surface area contributed by atoms with Crippen LogP contribution in [0.4, 0.5) is 11.4 Å². The number of anilines is 2. The van der Waals surface area contributed by atoms with Crippen LogP contribution in [-0.2, 0) is 0 Å². The van der Waals surface area contributed by atoms with Crippen molar-refractivity contribution in [1.82, 2.24) is 5.32 Å². The average molecular weight is 296 g/mol. The number of nitrogens with one attached hydrogen (secondary N) is 2. The summed E-state index contributed by atoms with van der Waals surface area (Å²) in [6, 6.07) is 5.88. The molecular weight excluding hydrogens is 278 g/mol. The molecule has 19 heavy (non-hydrogen) atoms. The second-order valence-corrected chi connectivity index (χ2v) is 5.32. The van der Waals surface area contributed by atoms with E-state index in [0.29, 0.717) is 16.7 Å². The molecule has 1 aliphatic heterocycles. The lowest BCUT2D eigenvalue weighted by Crippen LogP contribution is -2.29. The maximum absolute atomic E-state index is 6.07. The first-order valence-electron chi connectivity index (χ1n) is 6.41. The van der Waals surface area contributed by atoms with Gasteiger partial charge < -0.3 is 15.5 Å². The van der Waals surface area contributed by atoms with Gasteiger partial charge in [-0.25, -0.2) is 0 Å². The van der Waals surface area contributed by atoms with E-state index in [1.54, 1.807) is 6.08 Å². The molecule has 102 valence electrons. The number of thiocarbonyl (C=S) groups is 1. The van der Waals surface area contributed by atoms with E-state index in [2.05, 4.69) is 22.1 Å². The Balaban J connectivity index is 2.14. The molecule has 0 radical (unpaired) electrons. The Hall–Kier alpha value is -1.26. The van der Waals surface area contributed by atoms with Crippen molar-refractivity contribution in [3.63, 3.8) is 0 Å². The summed E-state index contributed by atoms with van der Waals surface area (Å²) in [7, 11) is 0. The summed E-state index contributed by atoms with van der Waals surface area (Å²) in [5, 5.41) is 7.56. The van der Waals surface area contributed by atoms with Crippen LogP contribution in [0.15, 0.2) is 30.9 Å². The number of rotatable bonds is 4. The number of hydrogen-bond acceptors (Lipinski definition) is 2. The van der Waals surface area contributed by atoms with Gasteiger partial charge in [-0.2, -0.15) is 0 Å². The normalized spacial score (nSPS) is 14.3. The summed E-state index contributed by atoms with van der Waals surface area (Å²) in [5.74, 6) is 0. The fourth-order valence-corrected chi connectivity index (χ4v) is 2.54. The van der Waals surface area contributed by atoms with Crippen molar-refractivity contribution in [1.29, 1.82) is 0 Å². The van der Waals surface area contributed by atoms with Gasteiger partial charge in [-0.15, -0.1) is 6.58 Å². The van der Waals surface area contributed by atoms with Gasteiger partial charge in [-0.3, -0.25) is 0 Å². The van der Waals surface area contributed by atoms with Crippen molar-refractivity contribution in [2.24, 2.45) is 0 Å². The summed E-state index contributed by atoms with van der Waals surface area (Å²) in [4.78, 5) is 2.36. The SMILES string of the molecule is C=CCNC(=S)Nc1cc(Cl)ccc1N1CCCC1. The molecule has 1 heterocycles. The van der Waals surface area contributed by atoms with Crippen molar-refractivity contribution in [2.45, 2.75) is 12.8 Å². The molecule has 2 rings (SSSR count). The number of hydrogen-bond donors (Lipinski definition) is 2. The minimum Gasteiger partial charge on any atom is -0.370 e. The summed E-state index contributed by atoms with van der Waals surface area (Å²) >= 11 is 11.3. The molecule has 1 aromatic rings. The van der Waals surface area contributed by atoms with Crippen LogP contribution in [0, 0.1) is 0 Å². The first kappa shape index (κ1) is 14.2. The van der Waals surface area contributed by atoms with E-state index in [9.17, 15) is 0 Å². The predicted octanol–water partition coefficient (Wildman–Crippen LogP) is 3.41. The van der Waals surface area contributed by atoms with Crippen LogP contribution in [-0.4, -0.2) is 24.7 Å². The molecule has 1 aromatic carbocycles. The molecule has 0 spiro atoms. The Bertz CT molecular complexity index is 470. The molecule has 1 saturated heterocycles. The smallest absolute Gasteiger partial charge is 0.171 e. The van der Waals surface area contributed by atoms with Crippen molar-refractivity contribution in [3.8, 4) is 0 Å². The van der Waals surface area contributed by atoms with Gasteiger partial charge in [0, 0.05) is 24.7 Å². The summed E-state index contributed by atoms with van der Waals surface area (Å²) in [6.07, 6.45) is 4.25. The zero-order valence-electron chi connectivity index (χ0n) is 10.8. The first-order chi connectivity index (χ1) is 9.20. The Morgan fingerprint density at radius 1 is 1.42 bits per heavy atom. The van der Waals surface area contributed by atoms with Crippen molar-refractivity contribution >= 4 is 40.3 Å². The van der Waals surface area contributed by atoms with Crippen LogP contribution in [0.1, 0.15) is 12.8 Å². The molecule has 1 aliphatic rings. The van der Waals surface area contributed by atoms with E-state index in [4.69, 9.17) is 23.8 Å². The lowest BCUT2D eigenvalue weighted by molar-refractivity contribution is 0.949. The number of halogens is 1. The molecular formula is C14H18ClN3S. The third-order valence-electron chi connectivity index (χ3n) is 3.06. The first-order valence-corrected chi connectivity index (χ1v) is 7.19. The standard InChI is InChI=1S/C14H18ClN3S/c1-2-7-16-14(19)17-12-10-11(15)5-6-13(12)18-8-3-4-9-18/h2,5-6,10H,1,3-4,7-9H2,(H2,16,17,19). The summed E-state index contributed by atoms with van der Waals surface area (Å²) in [5.41, 5.74) is 2.11. The Kier molecular flexibility index (Phi) is 5.05. The molecule has 0 bridgehead atoms. The largest absolute Gasteiger partial charge is 0.370 e. The van der Waals surface area contributed by atoms with Crippen LogP contribution < -0.4 is 15.5 Å². The predicted molar refractivity (Wildman–Crippen MR) is 87.3 cm³/mol. The molecule has 3 nitrogen and oxygen atoms in total. The van der Waals surface area contributed by atoms with E-state index in [0.717, 1.165) is 24.5 Å². The van der Waals surface area contributed by atoms with E-state index >= 15 is 0 Å². The van der Waals surface area contributed by atoms with Gasteiger partial charge in [0.2, 0.25) is 0 Å². The lowest BCUT2D eigenvalue weighted by atomic mass is 10.2. The van der Waals surface area contributed by atoms with E-state index in [-0.39, 0.29) is 0 Å². The summed E-state index contributed by atoms with van der Waals surface area (Å²) < 4.78 is 0. The molecule has 1 fully saturated rings. The Morgan fingerprint density at radius 3 is 2.84 bits per heavy atom. The van der Waals surface area contributed by atoms with Crippen LogP contribution >= 0.6 is 23.8 Å². The molecule has 0 amide bonds. The highest BCUT2D eigenvalue weighted by Gasteiger charge is 2.16. The second-order valence-electron chi connectivity index (χ2n) is 4.48. The third kappa shape index (κ3) is 3.85. The third-order valence-corrected chi connectivity index (χ3v) is 3.54. The Labute approximate surface area is 124 Å². The van der Waals surface area contributed by atoms with Gasteiger partial charge in [-0.05, 0) is 43.3 Å². The molecule has 0 unspecified atom stereocenters. The van der Waals surface area contributed by atoms with Crippen LogP contribution in [0.2, 0.25) is 5.02 Å². The monoisotopic (exact) mass is 295 g/mol. The van der Waals surface area contributed by atoms with Crippen LogP contribution in [0.25, 0.3) is 0 Å². The minimum atomic E-state index is 0.586. The van der Waals surface area contributed by atoms with Gasteiger partial charge >= 0.3 is 0 Å².